The molecule has 0 fully saturated rings. The number of nitrogens with one attached hydrogen (secondary N) is 3. The predicted octanol–water partition coefficient (Wildman–Crippen LogP) is 1.66. The third-order valence-corrected chi connectivity index (χ3v) is 3.56. The number of nitrogens with zero attached hydrogens (tertiary/aromatic N) is 2. The summed E-state index contributed by atoms with van der Waals surface area (Å²) < 4.78 is 5.51. The van der Waals surface area contributed by atoms with Crippen molar-refractivity contribution in [2.24, 2.45) is 10.4 Å². The molecule has 8 heteroatoms. The molecule has 0 aliphatic heterocycles. The zero-order valence-electron chi connectivity index (χ0n) is 15.6. The highest BCUT2D eigenvalue weighted by Gasteiger charge is 2.24. The van der Waals surface area contributed by atoms with Gasteiger partial charge >= 0.3 is 0 Å². The molecule has 1 amide bonds. The molecule has 3 N–H and O–H groups in total. The summed E-state index contributed by atoms with van der Waals surface area (Å²) in [5, 5.41) is 9.23. The Kier molecular flexibility index (Phi) is 11.3. The van der Waals surface area contributed by atoms with E-state index >= 15 is 0 Å². The molecule has 1 unspecified atom stereocenters. The summed E-state index contributed by atoms with van der Waals surface area (Å²) in [5.74, 6) is 0.539. The fraction of sp³-hybridized carbons (Fsp3) is 0.588. The summed E-state index contributed by atoms with van der Waals surface area (Å²) >= 11 is 0. The maximum atomic E-state index is 11.9. The molecule has 1 aromatic heterocycles. The van der Waals surface area contributed by atoms with Gasteiger partial charge in [0, 0.05) is 46.2 Å². The largest absolute Gasteiger partial charge is 0.379 e. The topological polar surface area (TPSA) is 87.6 Å². The quantitative estimate of drug-likeness (QED) is 0.248. The number of carbonyl (C=O) groups is 1. The lowest BCUT2D eigenvalue weighted by atomic mass is 9.89. The van der Waals surface area contributed by atoms with Crippen LogP contribution in [0.3, 0.4) is 0 Å². The first-order chi connectivity index (χ1) is 11.4. The third-order valence-electron chi connectivity index (χ3n) is 3.56. The van der Waals surface area contributed by atoms with E-state index in [2.05, 4.69) is 46.7 Å². The van der Waals surface area contributed by atoms with Gasteiger partial charge < -0.3 is 20.7 Å². The molecule has 7 nitrogen and oxygen atoms in total. The average Bonchev–Trinajstić information content (AvgIpc) is 2.56. The van der Waals surface area contributed by atoms with Crippen LogP contribution in [0.2, 0.25) is 0 Å². The van der Waals surface area contributed by atoms with Crippen LogP contribution in [0, 0.1) is 5.41 Å². The van der Waals surface area contributed by atoms with Crippen LogP contribution in [0.4, 0.5) is 0 Å². The lowest BCUT2D eigenvalue weighted by Crippen LogP contribution is -2.46. The highest BCUT2D eigenvalue weighted by molar-refractivity contribution is 14.0. The smallest absolute Gasteiger partial charge is 0.252 e. The van der Waals surface area contributed by atoms with Crippen LogP contribution in [-0.4, -0.2) is 56.7 Å². The fourth-order valence-corrected chi connectivity index (χ4v) is 2.11. The molecule has 25 heavy (non-hydrogen) atoms. The molecule has 1 rings (SSSR count). The second-order valence-corrected chi connectivity index (χ2v) is 6.47. The molecule has 142 valence electrons. The number of hydrogen-bond acceptors (Lipinski definition) is 4. The maximum Gasteiger partial charge on any atom is 0.252 e. The number of aliphatic imine (C=N–C) groups is 1. The molecule has 0 aliphatic carbocycles. The van der Waals surface area contributed by atoms with Crippen LogP contribution in [0.5, 0.6) is 0 Å². The van der Waals surface area contributed by atoms with Crippen molar-refractivity contribution >= 4 is 35.8 Å². The highest BCUT2D eigenvalue weighted by atomic mass is 127. The van der Waals surface area contributed by atoms with E-state index in [1.165, 1.54) is 0 Å². The summed E-state index contributed by atoms with van der Waals surface area (Å²) in [6, 6.07) is 3.47. The zero-order chi connectivity index (χ0) is 18.0. The van der Waals surface area contributed by atoms with Crippen LogP contribution >= 0.6 is 24.0 Å². The molecule has 0 spiro atoms. The van der Waals surface area contributed by atoms with Gasteiger partial charge in [-0.05, 0) is 17.5 Å². The van der Waals surface area contributed by atoms with E-state index in [-0.39, 0.29) is 41.4 Å². The summed E-state index contributed by atoms with van der Waals surface area (Å²) in [7, 11) is 3.42. The predicted molar refractivity (Wildman–Crippen MR) is 112 cm³/mol. The molecule has 0 aliphatic rings. The van der Waals surface area contributed by atoms with Crippen molar-refractivity contribution in [1.82, 2.24) is 20.9 Å². The van der Waals surface area contributed by atoms with E-state index in [0.717, 1.165) is 0 Å². The van der Waals surface area contributed by atoms with E-state index in [0.29, 0.717) is 31.2 Å². The van der Waals surface area contributed by atoms with E-state index in [9.17, 15) is 4.79 Å². The van der Waals surface area contributed by atoms with Gasteiger partial charge in [0.15, 0.2) is 5.96 Å². The number of guanidine groups is 1. The van der Waals surface area contributed by atoms with Gasteiger partial charge in [0.1, 0.15) is 0 Å². The summed E-state index contributed by atoms with van der Waals surface area (Å²) in [6.45, 7) is 8.11. The Hall–Kier alpha value is -1.42. The number of hydrogen-bond donors (Lipinski definition) is 3. The van der Waals surface area contributed by atoms with Crippen molar-refractivity contribution in [3.8, 4) is 0 Å². The van der Waals surface area contributed by atoms with Gasteiger partial charge in [0.25, 0.3) is 5.91 Å². The number of amides is 1. The molecule has 1 atom stereocenters. The van der Waals surface area contributed by atoms with Crippen molar-refractivity contribution in [3.63, 3.8) is 0 Å². The molecular weight excluding hydrogens is 433 g/mol. The summed E-state index contributed by atoms with van der Waals surface area (Å²) in [5.41, 5.74) is 0.589. The van der Waals surface area contributed by atoms with Crippen molar-refractivity contribution < 1.29 is 9.53 Å². The number of methoxy groups -OCH3 is 1. The van der Waals surface area contributed by atoms with Gasteiger partial charge in [-0.15, -0.1) is 24.0 Å². The lowest BCUT2D eigenvalue weighted by Gasteiger charge is -2.30. The Balaban J connectivity index is 0.00000576. The summed E-state index contributed by atoms with van der Waals surface area (Å²) in [6.07, 6.45) is 3.25. The Labute approximate surface area is 167 Å². The minimum Gasteiger partial charge on any atom is -0.379 e. The van der Waals surface area contributed by atoms with Gasteiger partial charge in [-0.1, -0.05) is 20.8 Å². The Morgan fingerprint density at radius 1 is 1.28 bits per heavy atom. The van der Waals surface area contributed by atoms with Gasteiger partial charge in [-0.3, -0.25) is 14.8 Å². The molecule has 0 radical (unpaired) electrons. The standard InChI is InChI=1S/C17H29N5O2.HI/c1-17(2,3)14(24-5)12-22-16(18-4)21-10-9-20-15(23)13-7-6-8-19-11-13;/h6-8,11,14H,9-10,12H2,1-5H3,(H,20,23)(H2,18,21,22);1H. The molecule has 1 aromatic rings. The Bertz CT molecular complexity index is 532. The molecular formula is C17H30IN5O2. The molecule has 0 saturated heterocycles. The van der Waals surface area contributed by atoms with E-state index in [4.69, 9.17) is 4.74 Å². The van der Waals surface area contributed by atoms with Crippen LogP contribution in [0.15, 0.2) is 29.5 Å². The molecule has 0 aromatic carbocycles. The summed E-state index contributed by atoms with van der Waals surface area (Å²) in [4.78, 5) is 20.0. The monoisotopic (exact) mass is 463 g/mol. The van der Waals surface area contributed by atoms with Crippen molar-refractivity contribution in [2.45, 2.75) is 26.9 Å². The van der Waals surface area contributed by atoms with E-state index < -0.39 is 0 Å². The number of carbonyl (C=O) groups excluding carboxylic acids is 1. The van der Waals surface area contributed by atoms with E-state index in [1.54, 1.807) is 38.7 Å². The van der Waals surface area contributed by atoms with Crippen LogP contribution in [0.1, 0.15) is 31.1 Å². The highest BCUT2D eigenvalue weighted by Crippen LogP contribution is 2.20. The second-order valence-electron chi connectivity index (χ2n) is 6.47. The van der Waals surface area contributed by atoms with Gasteiger partial charge in [0.05, 0.1) is 11.7 Å². The van der Waals surface area contributed by atoms with Gasteiger partial charge in [-0.25, -0.2) is 0 Å². The van der Waals surface area contributed by atoms with Gasteiger partial charge in [-0.2, -0.15) is 0 Å². The first-order valence-corrected chi connectivity index (χ1v) is 8.04. The fourth-order valence-electron chi connectivity index (χ4n) is 2.11. The van der Waals surface area contributed by atoms with Crippen molar-refractivity contribution in [1.29, 1.82) is 0 Å². The minimum absolute atomic E-state index is 0. The maximum absolute atomic E-state index is 11.9. The van der Waals surface area contributed by atoms with Crippen LogP contribution in [-0.2, 0) is 4.74 Å². The van der Waals surface area contributed by atoms with Gasteiger partial charge in [0.2, 0.25) is 0 Å². The molecule has 0 saturated carbocycles. The van der Waals surface area contributed by atoms with Crippen LogP contribution < -0.4 is 16.0 Å². The zero-order valence-corrected chi connectivity index (χ0v) is 18.0. The normalized spacial score (nSPS) is 12.8. The van der Waals surface area contributed by atoms with E-state index in [1.807, 2.05) is 0 Å². The number of ether oxygens (including phenoxy) is 1. The first kappa shape index (κ1) is 23.6. The lowest BCUT2D eigenvalue weighted by molar-refractivity contribution is 0.0205. The SMILES string of the molecule is CN=C(NCCNC(=O)c1cccnc1)NCC(OC)C(C)(C)C.I. The minimum atomic E-state index is -0.139. The van der Waals surface area contributed by atoms with Crippen molar-refractivity contribution in [3.05, 3.63) is 30.1 Å². The van der Waals surface area contributed by atoms with Crippen molar-refractivity contribution in [2.75, 3.05) is 33.8 Å². The van der Waals surface area contributed by atoms with Crippen LogP contribution in [0.25, 0.3) is 0 Å². The molecule has 0 bridgehead atoms. The number of halogens is 1. The Morgan fingerprint density at radius 3 is 2.48 bits per heavy atom. The second kappa shape index (κ2) is 12.0. The number of rotatable bonds is 7. The third kappa shape index (κ3) is 9.01. The Morgan fingerprint density at radius 2 is 1.96 bits per heavy atom. The molecule has 1 heterocycles. The number of aromatic nitrogens is 1. The first-order valence-electron chi connectivity index (χ1n) is 8.04. The average molecular weight is 463 g/mol. The number of pyridine rings is 1.